The zero-order chi connectivity index (χ0) is 17.2. The highest BCUT2D eigenvalue weighted by atomic mass is 19.1. The number of benzene rings is 1. The van der Waals surface area contributed by atoms with Crippen molar-refractivity contribution >= 4 is 22.6 Å². The molecule has 1 aromatic heterocycles. The van der Waals surface area contributed by atoms with Crippen LogP contribution in [0.1, 0.15) is 12.8 Å². The van der Waals surface area contributed by atoms with Gasteiger partial charge in [0.25, 0.3) is 0 Å². The highest BCUT2D eigenvalue weighted by Crippen LogP contribution is 2.29. The number of carbonyl (C=O) groups is 1. The normalized spacial score (nSPS) is 21.6. The Kier molecular flexibility index (Phi) is 4.48. The fourth-order valence-electron chi connectivity index (χ4n) is 3.70. The summed E-state index contributed by atoms with van der Waals surface area (Å²) in [4.78, 5) is 25.2. The van der Waals surface area contributed by atoms with Crippen LogP contribution in [-0.2, 0) is 9.53 Å². The summed E-state index contributed by atoms with van der Waals surface area (Å²) in [5.74, 6) is 0.354. The van der Waals surface area contributed by atoms with Crippen LogP contribution in [0, 0.1) is 11.7 Å². The zero-order valence-corrected chi connectivity index (χ0v) is 14.0. The SMILES string of the molecule is O=C([C@H]1CCCN(c2ncnc3cccc(F)c23)C1)N1CCOCC1. The molecule has 7 heteroatoms. The van der Waals surface area contributed by atoms with Crippen LogP contribution in [0.2, 0.25) is 0 Å². The fourth-order valence-corrected chi connectivity index (χ4v) is 3.70. The molecule has 2 aromatic rings. The largest absolute Gasteiger partial charge is 0.378 e. The van der Waals surface area contributed by atoms with Crippen molar-refractivity contribution in [3.63, 3.8) is 0 Å². The number of halogens is 1. The lowest BCUT2D eigenvalue weighted by Gasteiger charge is -2.37. The number of amides is 1. The second-order valence-electron chi connectivity index (χ2n) is 6.55. The molecule has 1 amide bonds. The van der Waals surface area contributed by atoms with E-state index in [1.807, 2.05) is 9.80 Å². The van der Waals surface area contributed by atoms with Crippen LogP contribution >= 0.6 is 0 Å². The summed E-state index contributed by atoms with van der Waals surface area (Å²) in [6.45, 7) is 3.85. The number of hydrogen-bond acceptors (Lipinski definition) is 5. The number of aromatic nitrogens is 2. The molecule has 0 radical (unpaired) electrons. The number of ether oxygens (including phenoxy) is 1. The Morgan fingerprint density at radius 3 is 2.88 bits per heavy atom. The van der Waals surface area contributed by atoms with Gasteiger partial charge in [0.15, 0.2) is 0 Å². The monoisotopic (exact) mass is 344 g/mol. The van der Waals surface area contributed by atoms with Gasteiger partial charge in [-0.2, -0.15) is 0 Å². The third-order valence-electron chi connectivity index (χ3n) is 4.98. The van der Waals surface area contributed by atoms with Crippen molar-refractivity contribution in [3.05, 3.63) is 30.3 Å². The summed E-state index contributed by atoms with van der Waals surface area (Å²) in [7, 11) is 0. The molecule has 25 heavy (non-hydrogen) atoms. The van der Waals surface area contributed by atoms with Gasteiger partial charge in [-0.05, 0) is 25.0 Å². The fraction of sp³-hybridized carbons (Fsp3) is 0.500. The van der Waals surface area contributed by atoms with E-state index in [-0.39, 0.29) is 17.6 Å². The number of carbonyl (C=O) groups excluding carboxylic acids is 1. The summed E-state index contributed by atoms with van der Waals surface area (Å²) < 4.78 is 19.7. The quantitative estimate of drug-likeness (QED) is 0.832. The molecule has 3 heterocycles. The average molecular weight is 344 g/mol. The molecule has 132 valence electrons. The van der Waals surface area contributed by atoms with E-state index >= 15 is 0 Å². The van der Waals surface area contributed by atoms with Gasteiger partial charge in [-0.15, -0.1) is 0 Å². The van der Waals surface area contributed by atoms with Crippen molar-refractivity contribution in [1.29, 1.82) is 0 Å². The maximum absolute atomic E-state index is 14.4. The minimum absolute atomic E-state index is 0.0800. The number of hydrogen-bond donors (Lipinski definition) is 0. The van der Waals surface area contributed by atoms with Crippen LogP contribution in [-0.4, -0.2) is 60.2 Å². The number of anilines is 1. The highest BCUT2D eigenvalue weighted by molar-refractivity contribution is 5.90. The van der Waals surface area contributed by atoms with Gasteiger partial charge < -0.3 is 14.5 Å². The predicted octanol–water partition coefficient (Wildman–Crippen LogP) is 1.84. The van der Waals surface area contributed by atoms with Gasteiger partial charge in [0.05, 0.1) is 30.0 Å². The number of morpholine rings is 1. The topological polar surface area (TPSA) is 58.6 Å². The number of piperidine rings is 1. The molecule has 0 N–H and O–H groups in total. The Labute approximate surface area is 145 Å². The lowest BCUT2D eigenvalue weighted by Crippen LogP contribution is -2.48. The van der Waals surface area contributed by atoms with E-state index in [1.165, 1.54) is 12.4 Å². The molecule has 0 unspecified atom stereocenters. The van der Waals surface area contributed by atoms with E-state index < -0.39 is 0 Å². The third kappa shape index (κ3) is 3.16. The Morgan fingerprint density at radius 1 is 1.20 bits per heavy atom. The summed E-state index contributed by atoms with van der Waals surface area (Å²) in [6.07, 6.45) is 3.21. The van der Waals surface area contributed by atoms with Gasteiger partial charge in [-0.3, -0.25) is 4.79 Å². The first-order valence-electron chi connectivity index (χ1n) is 8.75. The van der Waals surface area contributed by atoms with E-state index in [0.717, 1.165) is 19.4 Å². The molecule has 6 nitrogen and oxygen atoms in total. The van der Waals surface area contributed by atoms with Crippen LogP contribution in [0.4, 0.5) is 10.2 Å². The van der Waals surface area contributed by atoms with E-state index in [1.54, 1.807) is 12.1 Å². The number of fused-ring (bicyclic) bond motifs is 1. The van der Waals surface area contributed by atoms with E-state index in [4.69, 9.17) is 4.74 Å². The molecule has 1 atom stereocenters. The first kappa shape index (κ1) is 16.2. The first-order valence-corrected chi connectivity index (χ1v) is 8.75. The highest BCUT2D eigenvalue weighted by Gasteiger charge is 2.31. The Bertz CT molecular complexity index is 774. The molecule has 2 fully saturated rings. The molecule has 0 saturated carbocycles. The summed E-state index contributed by atoms with van der Waals surface area (Å²) >= 11 is 0. The van der Waals surface area contributed by atoms with E-state index in [0.29, 0.717) is 49.6 Å². The van der Waals surface area contributed by atoms with Gasteiger partial charge in [-0.25, -0.2) is 14.4 Å². The zero-order valence-electron chi connectivity index (χ0n) is 14.0. The molecule has 1 aromatic carbocycles. The molecular weight excluding hydrogens is 323 g/mol. The lowest BCUT2D eigenvalue weighted by atomic mass is 9.96. The van der Waals surface area contributed by atoms with Crippen molar-refractivity contribution in [2.75, 3.05) is 44.3 Å². The predicted molar refractivity (Wildman–Crippen MR) is 91.8 cm³/mol. The molecule has 2 saturated heterocycles. The third-order valence-corrected chi connectivity index (χ3v) is 4.98. The lowest BCUT2D eigenvalue weighted by molar-refractivity contribution is -0.139. The van der Waals surface area contributed by atoms with Gasteiger partial charge in [-0.1, -0.05) is 6.07 Å². The second kappa shape index (κ2) is 6.92. The molecule has 4 rings (SSSR count). The van der Waals surface area contributed by atoms with Gasteiger partial charge in [0.2, 0.25) is 5.91 Å². The second-order valence-corrected chi connectivity index (χ2v) is 6.55. The van der Waals surface area contributed by atoms with Crippen molar-refractivity contribution in [2.24, 2.45) is 5.92 Å². The molecule has 2 aliphatic rings. The van der Waals surface area contributed by atoms with Gasteiger partial charge in [0.1, 0.15) is 18.0 Å². The van der Waals surface area contributed by atoms with Crippen LogP contribution in [0.25, 0.3) is 10.9 Å². The average Bonchev–Trinajstić information content (AvgIpc) is 2.68. The van der Waals surface area contributed by atoms with Crippen LogP contribution in [0.5, 0.6) is 0 Å². The van der Waals surface area contributed by atoms with Crippen molar-refractivity contribution < 1.29 is 13.9 Å². The van der Waals surface area contributed by atoms with Crippen molar-refractivity contribution in [3.8, 4) is 0 Å². The standard InChI is InChI=1S/C18H21FN4O2/c19-14-4-1-5-15-16(14)17(21-12-20-15)23-6-2-3-13(11-23)18(24)22-7-9-25-10-8-22/h1,4-5,12-13H,2-3,6-11H2/t13-/m0/s1. The van der Waals surface area contributed by atoms with Crippen molar-refractivity contribution in [1.82, 2.24) is 14.9 Å². The smallest absolute Gasteiger partial charge is 0.227 e. The maximum Gasteiger partial charge on any atom is 0.227 e. The van der Waals surface area contributed by atoms with Crippen molar-refractivity contribution in [2.45, 2.75) is 12.8 Å². The number of nitrogens with zero attached hydrogens (tertiary/aromatic N) is 4. The van der Waals surface area contributed by atoms with Crippen LogP contribution in [0.3, 0.4) is 0 Å². The minimum Gasteiger partial charge on any atom is -0.378 e. The van der Waals surface area contributed by atoms with Gasteiger partial charge >= 0.3 is 0 Å². The summed E-state index contributed by atoms with van der Waals surface area (Å²) in [5.41, 5.74) is 0.589. The van der Waals surface area contributed by atoms with E-state index in [2.05, 4.69) is 9.97 Å². The molecule has 0 spiro atoms. The van der Waals surface area contributed by atoms with Crippen LogP contribution < -0.4 is 4.90 Å². The summed E-state index contributed by atoms with van der Waals surface area (Å²) in [6, 6.07) is 4.86. The minimum atomic E-state index is -0.324. The van der Waals surface area contributed by atoms with Crippen LogP contribution in [0.15, 0.2) is 24.5 Å². The Morgan fingerprint density at radius 2 is 2.04 bits per heavy atom. The summed E-state index contributed by atoms with van der Waals surface area (Å²) in [5, 5.41) is 0.435. The van der Waals surface area contributed by atoms with E-state index in [9.17, 15) is 9.18 Å². The Balaban J connectivity index is 1.58. The number of rotatable bonds is 2. The first-order chi connectivity index (χ1) is 12.2. The maximum atomic E-state index is 14.4. The molecule has 0 bridgehead atoms. The Hall–Kier alpha value is -2.28. The molecule has 0 aliphatic carbocycles. The molecule has 2 aliphatic heterocycles. The molecular formula is C18H21FN4O2. The van der Waals surface area contributed by atoms with Gasteiger partial charge in [0, 0.05) is 26.2 Å².